The van der Waals surface area contributed by atoms with Gasteiger partial charge in [-0.2, -0.15) is 0 Å². The van der Waals surface area contributed by atoms with E-state index in [0.29, 0.717) is 19.0 Å². The Labute approximate surface area is 170 Å². The molecule has 9 heteroatoms. The number of ether oxygens (including phenoxy) is 1. The van der Waals surface area contributed by atoms with Crippen molar-refractivity contribution in [1.82, 2.24) is 19.5 Å². The summed E-state index contributed by atoms with van der Waals surface area (Å²) in [6.45, 7) is 7.87. The Morgan fingerprint density at radius 3 is 2.66 bits per heavy atom. The molecule has 1 amide bonds. The summed E-state index contributed by atoms with van der Waals surface area (Å²) in [6, 6.07) is 10.6. The van der Waals surface area contributed by atoms with Crippen molar-refractivity contribution in [2.45, 2.75) is 32.4 Å². The number of aromatic nitrogens is 4. The summed E-state index contributed by atoms with van der Waals surface area (Å²) in [4.78, 5) is 24.6. The number of hydrogen-bond acceptors (Lipinski definition) is 6. The first kappa shape index (κ1) is 20.7. The van der Waals surface area contributed by atoms with Crippen LogP contribution in [0.15, 0.2) is 49.2 Å². The van der Waals surface area contributed by atoms with Crippen molar-refractivity contribution in [2.75, 3.05) is 11.9 Å². The summed E-state index contributed by atoms with van der Waals surface area (Å²) in [6.07, 6.45) is 4.12. The van der Waals surface area contributed by atoms with E-state index in [9.17, 15) is 9.90 Å². The molecule has 3 aromatic rings. The molecule has 0 saturated carbocycles. The van der Waals surface area contributed by atoms with Gasteiger partial charge in [0, 0.05) is 20.2 Å². The lowest BCUT2D eigenvalue weighted by Gasteiger charge is -2.16. The van der Waals surface area contributed by atoms with Crippen LogP contribution in [0.25, 0.3) is 11.3 Å². The van der Waals surface area contributed by atoms with E-state index in [0.717, 1.165) is 11.6 Å². The molecule has 0 spiro atoms. The fraction of sp³-hybridized carbons (Fsp3) is 0.300. The molecule has 8 nitrogen and oxygen atoms in total. The van der Waals surface area contributed by atoms with Crippen molar-refractivity contribution in [3.8, 4) is 17.1 Å². The number of amides is 1. The predicted molar refractivity (Wildman–Crippen MR) is 113 cm³/mol. The number of nitrogens with one attached hydrogen (secondary N) is 1. The van der Waals surface area contributed by atoms with Gasteiger partial charge >= 0.3 is 0 Å². The lowest BCUT2D eigenvalue weighted by Crippen LogP contribution is -2.22. The SMILES string of the molecule is C[Si](C)(C)CCOCn1cnc(C(=O)Nc2cncnc2O)c1-c1ccccc1. The molecule has 3 rings (SSSR count). The molecule has 0 radical (unpaired) electrons. The summed E-state index contributed by atoms with van der Waals surface area (Å²) < 4.78 is 7.67. The third-order valence-corrected chi connectivity index (χ3v) is 5.97. The molecule has 0 bridgehead atoms. The van der Waals surface area contributed by atoms with Crippen LogP contribution in [0.2, 0.25) is 25.7 Å². The van der Waals surface area contributed by atoms with Crippen LogP contribution >= 0.6 is 0 Å². The molecule has 0 atom stereocenters. The van der Waals surface area contributed by atoms with Crippen LogP contribution in [-0.4, -0.2) is 45.2 Å². The van der Waals surface area contributed by atoms with E-state index in [2.05, 4.69) is 39.9 Å². The number of carbonyl (C=O) groups is 1. The van der Waals surface area contributed by atoms with E-state index >= 15 is 0 Å². The second-order valence-corrected chi connectivity index (χ2v) is 13.5. The number of imidazole rings is 1. The fourth-order valence-corrected chi connectivity index (χ4v) is 3.44. The van der Waals surface area contributed by atoms with Gasteiger partial charge in [-0.15, -0.1) is 0 Å². The average molecular weight is 412 g/mol. The van der Waals surface area contributed by atoms with Gasteiger partial charge in [0.2, 0.25) is 5.88 Å². The van der Waals surface area contributed by atoms with Crippen LogP contribution in [0.4, 0.5) is 5.69 Å². The van der Waals surface area contributed by atoms with E-state index in [1.54, 1.807) is 6.33 Å². The summed E-state index contributed by atoms with van der Waals surface area (Å²) in [5.41, 5.74) is 1.84. The van der Waals surface area contributed by atoms with Crippen LogP contribution in [-0.2, 0) is 11.5 Å². The molecule has 0 aliphatic carbocycles. The minimum atomic E-state index is -1.18. The average Bonchev–Trinajstić information content (AvgIpc) is 3.11. The third-order valence-electron chi connectivity index (χ3n) is 4.27. The Hall–Kier alpha value is -3.04. The highest BCUT2D eigenvalue weighted by molar-refractivity contribution is 6.76. The molecule has 0 aliphatic rings. The molecule has 29 heavy (non-hydrogen) atoms. The van der Waals surface area contributed by atoms with Crippen molar-refractivity contribution in [3.05, 3.63) is 54.9 Å². The zero-order valence-electron chi connectivity index (χ0n) is 16.8. The van der Waals surface area contributed by atoms with Crippen LogP contribution in [0, 0.1) is 0 Å². The van der Waals surface area contributed by atoms with Gasteiger partial charge in [-0.1, -0.05) is 50.0 Å². The highest BCUT2D eigenvalue weighted by atomic mass is 28.3. The molecule has 1 aromatic carbocycles. The Balaban J connectivity index is 1.84. The lowest BCUT2D eigenvalue weighted by atomic mass is 10.1. The fourth-order valence-electron chi connectivity index (χ4n) is 2.68. The summed E-state index contributed by atoms with van der Waals surface area (Å²) >= 11 is 0. The van der Waals surface area contributed by atoms with Gasteiger partial charge in [-0.25, -0.2) is 15.0 Å². The third kappa shape index (κ3) is 5.49. The maximum Gasteiger partial charge on any atom is 0.276 e. The number of carbonyl (C=O) groups excluding carboxylic acids is 1. The van der Waals surface area contributed by atoms with Gasteiger partial charge in [0.25, 0.3) is 5.91 Å². The lowest BCUT2D eigenvalue weighted by molar-refractivity contribution is 0.0881. The summed E-state index contributed by atoms with van der Waals surface area (Å²) in [5, 5.41) is 12.4. The van der Waals surface area contributed by atoms with E-state index in [-0.39, 0.29) is 17.3 Å². The van der Waals surface area contributed by atoms with Gasteiger partial charge < -0.3 is 19.7 Å². The number of benzene rings is 1. The van der Waals surface area contributed by atoms with E-state index < -0.39 is 14.0 Å². The van der Waals surface area contributed by atoms with Gasteiger partial charge in [0.05, 0.1) is 18.2 Å². The monoisotopic (exact) mass is 411 g/mol. The summed E-state index contributed by atoms with van der Waals surface area (Å²) in [5.74, 6) is -0.765. The maximum atomic E-state index is 12.8. The topological polar surface area (TPSA) is 102 Å². The van der Waals surface area contributed by atoms with E-state index in [1.807, 2.05) is 34.9 Å². The highest BCUT2D eigenvalue weighted by Crippen LogP contribution is 2.25. The number of nitrogens with zero attached hydrogens (tertiary/aromatic N) is 4. The zero-order chi connectivity index (χ0) is 20.9. The second-order valence-electron chi connectivity index (χ2n) is 7.84. The van der Waals surface area contributed by atoms with Crippen molar-refractivity contribution >= 4 is 19.7 Å². The molecule has 0 aliphatic heterocycles. The Kier molecular flexibility index (Phi) is 6.40. The van der Waals surface area contributed by atoms with Crippen molar-refractivity contribution in [3.63, 3.8) is 0 Å². The van der Waals surface area contributed by atoms with Crippen LogP contribution in [0.1, 0.15) is 10.5 Å². The molecule has 2 N–H and O–H groups in total. The van der Waals surface area contributed by atoms with E-state index in [4.69, 9.17) is 4.74 Å². The minimum Gasteiger partial charge on any atom is -0.492 e. The molecule has 0 fully saturated rings. The summed E-state index contributed by atoms with van der Waals surface area (Å²) in [7, 11) is -1.18. The van der Waals surface area contributed by atoms with Gasteiger partial charge in [-0.3, -0.25) is 4.79 Å². The largest absolute Gasteiger partial charge is 0.492 e. The van der Waals surface area contributed by atoms with Gasteiger partial charge in [-0.05, 0) is 6.04 Å². The second kappa shape index (κ2) is 8.97. The van der Waals surface area contributed by atoms with Crippen molar-refractivity contribution in [1.29, 1.82) is 0 Å². The number of aromatic hydroxyl groups is 1. The quantitative estimate of drug-likeness (QED) is 0.434. The molecule has 152 valence electrons. The first-order valence-corrected chi connectivity index (χ1v) is 13.0. The number of rotatable bonds is 8. The van der Waals surface area contributed by atoms with Gasteiger partial charge in [0.1, 0.15) is 18.7 Å². The Bertz CT molecular complexity index is 970. The first-order chi connectivity index (χ1) is 13.8. The Morgan fingerprint density at radius 2 is 1.97 bits per heavy atom. The Morgan fingerprint density at radius 1 is 1.21 bits per heavy atom. The minimum absolute atomic E-state index is 0.123. The molecule has 2 aromatic heterocycles. The van der Waals surface area contributed by atoms with E-state index in [1.165, 1.54) is 12.5 Å². The standard InChI is InChI=1S/C20H25N5O3Si/c1-29(2,3)10-9-28-14-25-13-23-17(18(25)15-7-5-4-6-8-15)20(27)24-16-11-21-12-22-19(16)26/h4-8,11-13H,9-10,14H2,1-3H3,(H,24,27)(H,21,22,26). The normalized spacial score (nSPS) is 11.4. The molecular weight excluding hydrogens is 386 g/mol. The van der Waals surface area contributed by atoms with Crippen LogP contribution in [0.3, 0.4) is 0 Å². The smallest absolute Gasteiger partial charge is 0.276 e. The van der Waals surface area contributed by atoms with Crippen LogP contribution < -0.4 is 5.32 Å². The predicted octanol–water partition coefficient (Wildman–Crippen LogP) is 3.61. The highest BCUT2D eigenvalue weighted by Gasteiger charge is 2.21. The molecule has 0 saturated heterocycles. The first-order valence-electron chi connectivity index (χ1n) is 9.34. The van der Waals surface area contributed by atoms with Crippen molar-refractivity contribution in [2.24, 2.45) is 0 Å². The van der Waals surface area contributed by atoms with Gasteiger partial charge in [0.15, 0.2) is 5.69 Å². The molecule has 0 unspecified atom stereocenters. The van der Waals surface area contributed by atoms with Crippen LogP contribution in [0.5, 0.6) is 5.88 Å². The molecular formula is C20H25N5O3Si. The van der Waals surface area contributed by atoms with Crippen molar-refractivity contribution < 1.29 is 14.6 Å². The number of hydrogen-bond donors (Lipinski definition) is 2. The zero-order valence-corrected chi connectivity index (χ0v) is 17.8. The number of anilines is 1. The maximum absolute atomic E-state index is 12.8. The molecule has 2 heterocycles.